The highest BCUT2D eigenvalue weighted by atomic mass is 28.4. The molecule has 1 unspecified atom stereocenters. The largest absolute Gasteiger partial charge is 0.542 e. The summed E-state index contributed by atoms with van der Waals surface area (Å²) >= 11 is 0. The second kappa shape index (κ2) is 9.11. The molecule has 170 valence electrons. The lowest BCUT2D eigenvalue weighted by molar-refractivity contribution is 0.377. The van der Waals surface area contributed by atoms with Gasteiger partial charge in [0.25, 0.3) is 0 Å². The predicted octanol–water partition coefficient (Wildman–Crippen LogP) is 6.99. The van der Waals surface area contributed by atoms with Crippen molar-refractivity contribution in [2.45, 2.75) is 52.2 Å². The molecule has 0 aliphatic heterocycles. The van der Waals surface area contributed by atoms with Gasteiger partial charge >= 0.3 is 0 Å². The Bertz CT molecular complexity index is 972. The van der Waals surface area contributed by atoms with Crippen molar-refractivity contribution >= 4 is 22.8 Å². The molecule has 0 amide bonds. The molecule has 0 N–H and O–H groups in total. The monoisotopic (exact) mass is 475 g/mol. The van der Waals surface area contributed by atoms with E-state index in [0.29, 0.717) is 23.3 Å². The van der Waals surface area contributed by atoms with Crippen LogP contribution in [-0.2, 0) is 0 Å². The van der Waals surface area contributed by atoms with Crippen molar-refractivity contribution in [1.82, 2.24) is 0 Å². The van der Waals surface area contributed by atoms with Crippen LogP contribution in [-0.4, -0.2) is 22.8 Å². The van der Waals surface area contributed by atoms with Crippen molar-refractivity contribution in [3.63, 3.8) is 0 Å². The molecule has 0 bridgehead atoms. The minimum atomic E-state index is -2.20. The summed E-state index contributed by atoms with van der Waals surface area (Å²) in [5, 5.41) is 0. The van der Waals surface area contributed by atoms with Gasteiger partial charge < -0.3 is 8.85 Å². The molecule has 0 radical (unpaired) electrons. The van der Waals surface area contributed by atoms with E-state index in [-0.39, 0.29) is 0 Å². The molecule has 0 spiro atoms. The van der Waals surface area contributed by atoms with E-state index in [4.69, 9.17) is 8.85 Å². The number of rotatable bonds is 7. The maximum atomic E-state index is 13.9. The summed E-state index contributed by atoms with van der Waals surface area (Å²) in [6, 6.07) is 4.56. The first kappa shape index (κ1) is 25.1. The van der Waals surface area contributed by atoms with Crippen LogP contribution in [0.1, 0.15) is 24.1 Å². The lowest BCUT2D eigenvalue weighted by Gasteiger charge is -2.26. The van der Waals surface area contributed by atoms with Crippen LogP contribution >= 0.6 is 0 Å². The number of aliphatic imine (C=N–C) groups is 1. The van der Waals surface area contributed by atoms with E-state index in [1.165, 1.54) is 0 Å². The highest BCUT2D eigenvalue weighted by Crippen LogP contribution is 2.35. The van der Waals surface area contributed by atoms with Gasteiger partial charge in [0.2, 0.25) is 22.5 Å². The van der Waals surface area contributed by atoms with Crippen molar-refractivity contribution in [3.8, 4) is 11.5 Å². The summed E-state index contributed by atoms with van der Waals surface area (Å²) in [6.45, 7) is 13.8. The first-order chi connectivity index (χ1) is 14.1. The Morgan fingerprint density at radius 1 is 0.742 bits per heavy atom. The van der Waals surface area contributed by atoms with Crippen molar-refractivity contribution in [1.29, 1.82) is 0 Å². The third-order valence-electron chi connectivity index (χ3n) is 3.95. The van der Waals surface area contributed by atoms with Gasteiger partial charge in [0.05, 0.1) is 11.6 Å². The van der Waals surface area contributed by atoms with Crippen LogP contribution in [0.5, 0.6) is 11.5 Å². The standard InChI is InChI=1S/C21H26F5NO2Si2/c1-12(27-11-14-17(22)19(24)21(26)20(25)18(14)23)13-8-9-15(28-30(2,3)4)16(10-13)29-31(5,6)7/h8-12H,1-7H3. The molecule has 0 saturated carbocycles. The smallest absolute Gasteiger partial charge is 0.242 e. The molecule has 2 aromatic carbocycles. The van der Waals surface area contributed by atoms with Gasteiger partial charge in [0.15, 0.2) is 23.3 Å². The maximum absolute atomic E-state index is 13.9. The number of benzene rings is 2. The van der Waals surface area contributed by atoms with Crippen LogP contribution in [0.3, 0.4) is 0 Å². The highest BCUT2D eigenvalue weighted by Gasteiger charge is 2.26. The zero-order chi connectivity index (χ0) is 23.7. The first-order valence-electron chi connectivity index (χ1n) is 9.67. The van der Waals surface area contributed by atoms with Crippen LogP contribution in [0.25, 0.3) is 0 Å². The number of nitrogens with zero attached hydrogens (tertiary/aromatic N) is 1. The average Bonchev–Trinajstić information content (AvgIpc) is 2.63. The molecule has 0 aliphatic rings. The van der Waals surface area contributed by atoms with E-state index in [0.717, 1.165) is 0 Å². The van der Waals surface area contributed by atoms with E-state index >= 15 is 0 Å². The van der Waals surface area contributed by atoms with E-state index < -0.39 is 57.3 Å². The van der Waals surface area contributed by atoms with Crippen LogP contribution in [0.4, 0.5) is 22.0 Å². The van der Waals surface area contributed by atoms with E-state index in [1.807, 2.05) is 39.3 Å². The number of hydrogen-bond acceptors (Lipinski definition) is 3. The molecule has 0 heterocycles. The summed E-state index contributed by atoms with van der Waals surface area (Å²) in [6.07, 6.45) is 0.659. The minimum Gasteiger partial charge on any atom is -0.542 e. The first-order valence-corrected chi connectivity index (χ1v) is 16.5. The highest BCUT2D eigenvalue weighted by molar-refractivity contribution is 6.71. The van der Waals surface area contributed by atoms with E-state index in [1.54, 1.807) is 25.1 Å². The fourth-order valence-corrected chi connectivity index (χ4v) is 4.26. The summed E-state index contributed by atoms with van der Waals surface area (Å²) in [7, 11) is -3.90. The van der Waals surface area contributed by atoms with Crippen LogP contribution in [0, 0.1) is 29.1 Å². The third kappa shape index (κ3) is 6.39. The van der Waals surface area contributed by atoms with Gasteiger partial charge in [-0.3, -0.25) is 4.99 Å². The molecule has 31 heavy (non-hydrogen) atoms. The molecular weight excluding hydrogens is 449 g/mol. The van der Waals surface area contributed by atoms with Crippen LogP contribution in [0.15, 0.2) is 23.2 Å². The van der Waals surface area contributed by atoms with Gasteiger partial charge in [-0.1, -0.05) is 6.07 Å². The van der Waals surface area contributed by atoms with E-state index in [2.05, 4.69) is 4.99 Å². The third-order valence-corrected chi connectivity index (χ3v) is 5.62. The molecule has 0 aliphatic carbocycles. The zero-order valence-corrected chi connectivity index (χ0v) is 20.5. The summed E-state index contributed by atoms with van der Waals surface area (Å²) in [5.74, 6) is -8.92. The predicted molar refractivity (Wildman–Crippen MR) is 117 cm³/mol. The Hall–Kier alpha value is -2.21. The normalized spacial score (nSPS) is 13.5. The van der Waals surface area contributed by atoms with Gasteiger partial charge in [-0.2, -0.15) is 0 Å². The van der Waals surface area contributed by atoms with Crippen molar-refractivity contribution in [2.24, 2.45) is 4.99 Å². The fraction of sp³-hybridized carbons (Fsp3) is 0.381. The van der Waals surface area contributed by atoms with Crippen LogP contribution < -0.4 is 8.85 Å². The number of hydrogen-bond donors (Lipinski definition) is 0. The molecule has 10 heteroatoms. The second-order valence-electron chi connectivity index (χ2n) is 9.07. The summed E-state index contributed by atoms with van der Waals surface area (Å²) in [4.78, 5) is 4.00. The van der Waals surface area contributed by atoms with Gasteiger partial charge in [-0.05, 0) is 63.9 Å². The van der Waals surface area contributed by atoms with E-state index in [9.17, 15) is 22.0 Å². The Morgan fingerprint density at radius 3 is 1.68 bits per heavy atom. The van der Waals surface area contributed by atoms with Gasteiger partial charge in [0.1, 0.15) is 11.5 Å². The molecule has 0 saturated heterocycles. The van der Waals surface area contributed by atoms with Gasteiger partial charge in [-0.25, -0.2) is 22.0 Å². The van der Waals surface area contributed by atoms with Crippen molar-refractivity contribution in [2.75, 3.05) is 0 Å². The average molecular weight is 476 g/mol. The SMILES string of the molecule is CC(N=Cc1c(F)c(F)c(F)c(F)c1F)c1ccc(O[Si](C)(C)C)c(O[Si](C)(C)C)c1. The molecular formula is C21H26F5NO2Si2. The Labute approximate surface area is 181 Å². The fourth-order valence-electron chi connectivity index (χ4n) is 2.62. The van der Waals surface area contributed by atoms with Crippen molar-refractivity contribution in [3.05, 3.63) is 58.4 Å². The molecule has 3 nitrogen and oxygen atoms in total. The molecule has 0 fully saturated rings. The van der Waals surface area contributed by atoms with Gasteiger partial charge in [0, 0.05) is 6.21 Å². The zero-order valence-electron chi connectivity index (χ0n) is 18.5. The lowest BCUT2D eigenvalue weighted by Crippen LogP contribution is -2.32. The quantitative estimate of drug-likeness (QED) is 0.142. The number of halogens is 5. The molecule has 1 atom stereocenters. The topological polar surface area (TPSA) is 30.8 Å². The molecule has 2 aromatic rings. The maximum Gasteiger partial charge on any atom is 0.242 e. The molecule has 2 rings (SSSR count). The Kier molecular flexibility index (Phi) is 7.37. The van der Waals surface area contributed by atoms with Crippen molar-refractivity contribution < 1.29 is 30.8 Å². The second-order valence-corrected chi connectivity index (χ2v) is 17.9. The Balaban J connectivity index is 2.42. The minimum absolute atomic E-state index is 0.539. The molecule has 0 aromatic heterocycles. The van der Waals surface area contributed by atoms with Gasteiger partial charge in [-0.15, -0.1) is 0 Å². The Morgan fingerprint density at radius 2 is 1.19 bits per heavy atom. The lowest BCUT2D eigenvalue weighted by atomic mass is 10.1. The summed E-state index contributed by atoms with van der Waals surface area (Å²) < 4.78 is 80.0. The summed E-state index contributed by atoms with van der Waals surface area (Å²) in [5.41, 5.74) is -0.447. The van der Waals surface area contributed by atoms with Crippen LogP contribution in [0.2, 0.25) is 39.3 Å².